The van der Waals surface area contributed by atoms with Crippen molar-refractivity contribution in [1.82, 2.24) is 0 Å². The predicted octanol–water partition coefficient (Wildman–Crippen LogP) is 4.70. The first kappa shape index (κ1) is 18.3. The number of halogens is 2. The second-order valence-electron chi connectivity index (χ2n) is 5.16. The zero-order valence-electron chi connectivity index (χ0n) is 13.5. The van der Waals surface area contributed by atoms with E-state index < -0.39 is 6.61 Å². The molecule has 1 aliphatic heterocycles. The smallest absolute Gasteiger partial charge is 0.387 e. The molecule has 1 heterocycles. The maximum atomic E-state index is 12.7. The second-order valence-corrected chi connectivity index (χ2v) is 6.84. The summed E-state index contributed by atoms with van der Waals surface area (Å²) in [5, 5.41) is 0. The van der Waals surface area contributed by atoms with Crippen molar-refractivity contribution in [3.63, 3.8) is 0 Å². The third-order valence-corrected chi connectivity index (χ3v) is 4.83. The molecule has 0 aromatic heterocycles. The number of methoxy groups -OCH3 is 1. The van der Waals surface area contributed by atoms with Crippen LogP contribution in [0.15, 0.2) is 53.4 Å². The van der Waals surface area contributed by atoms with Crippen molar-refractivity contribution in [2.24, 2.45) is 0 Å². The average molecular weight is 393 g/mol. The number of alkyl halides is 2. The lowest BCUT2D eigenvalue weighted by Gasteiger charge is -2.14. The van der Waals surface area contributed by atoms with Gasteiger partial charge in [0.05, 0.1) is 17.7 Å². The van der Waals surface area contributed by atoms with E-state index in [0.717, 1.165) is 0 Å². The minimum Gasteiger partial charge on any atom is -0.497 e. The van der Waals surface area contributed by atoms with Crippen LogP contribution in [0.4, 0.5) is 14.5 Å². The van der Waals surface area contributed by atoms with Crippen LogP contribution in [0.3, 0.4) is 0 Å². The highest BCUT2D eigenvalue weighted by Gasteiger charge is 2.33. The van der Waals surface area contributed by atoms with Crippen molar-refractivity contribution < 1.29 is 23.0 Å². The Labute approximate surface area is 158 Å². The van der Waals surface area contributed by atoms with Crippen molar-refractivity contribution in [2.75, 3.05) is 12.0 Å². The Morgan fingerprint density at radius 2 is 1.69 bits per heavy atom. The SMILES string of the molecule is COc1ccc(N2C(=O)/C(=C/c3ccc(OC(F)F)cc3)SC2=S)cc1. The maximum Gasteiger partial charge on any atom is 0.387 e. The van der Waals surface area contributed by atoms with Crippen LogP contribution in [0.25, 0.3) is 6.08 Å². The van der Waals surface area contributed by atoms with Crippen molar-refractivity contribution in [3.05, 3.63) is 59.0 Å². The van der Waals surface area contributed by atoms with E-state index in [9.17, 15) is 13.6 Å². The van der Waals surface area contributed by atoms with Crippen molar-refractivity contribution in [2.45, 2.75) is 6.61 Å². The van der Waals surface area contributed by atoms with Gasteiger partial charge in [-0.15, -0.1) is 0 Å². The van der Waals surface area contributed by atoms with Crippen LogP contribution in [-0.4, -0.2) is 23.9 Å². The molecule has 2 aromatic carbocycles. The molecule has 26 heavy (non-hydrogen) atoms. The minimum atomic E-state index is -2.87. The molecular formula is C18H13F2NO3S2. The van der Waals surface area contributed by atoms with E-state index in [1.807, 2.05) is 0 Å². The maximum absolute atomic E-state index is 12.7. The second kappa shape index (κ2) is 7.84. The Hall–Kier alpha value is -2.45. The lowest BCUT2D eigenvalue weighted by Crippen LogP contribution is -2.27. The molecule has 0 radical (unpaired) electrons. The summed E-state index contributed by atoms with van der Waals surface area (Å²) in [6, 6.07) is 13.0. The number of amides is 1. The van der Waals surface area contributed by atoms with Crippen LogP contribution in [0.2, 0.25) is 0 Å². The van der Waals surface area contributed by atoms with Gasteiger partial charge in [-0.2, -0.15) is 8.78 Å². The van der Waals surface area contributed by atoms with Gasteiger partial charge in [0.1, 0.15) is 11.5 Å². The third kappa shape index (κ3) is 4.03. The summed E-state index contributed by atoms with van der Waals surface area (Å²) < 4.78 is 34.2. The van der Waals surface area contributed by atoms with Crippen molar-refractivity contribution in [1.29, 1.82) is 0 Å². The largest absolute Gasteiger partial charge is 0.497 e. The fraction of sp³-hybridized carbons (Fsp3) is 0.111. The molecule has 0 aliphatic carbocycles. The molecule has 1 fully saturated rings. The van der Waals surface area contributed by atoms with Gasteiger partial charge in [0.15, 0.2) is 4.32 Å². The number of nitrogens with zero attached hydrogens (tertiary/aromatic N) is 1. The summed E-state index contributed by atoms with van der Waals surface area (Å²) >= 11 is 6.50. The third-order valence-electron chi connectivity index (χ3n) is 3.53. The van der Waals surface area contributed by atoms with Crippen LogP contribution in [0.1, 0.15) is 5.56 Å². The van der Waals surface area contributed by atoms with Gasteiger partial charge in [0.2, 0.25) is 0 Å². The Morgan fingerprint density at radius 1 is 1.08 bits per heavy atom. The van der Waals surface area contributed by atoms with E-state index in [0.29, 0.717) is 26.2 Å². The van der Waals surface area contributed by atoms with Crippen LogP contribution < -0.4 is 14.4 Å². The van der Waals surface area contributed by atoms with Crippen LogP contribution in [0.5, 0.6) is 11.5 Å². The number of benzene rings is 2. The zero-order valence-corrected chi connectivity index (χ0v) is 15.2. The normalized spacial score (nSPS) is 15.8. The number of hydrogen-bond donors (Lipinski definition) is 0. The number of thioether (sulfide) groups is 1. The summed E-state index contributed by atoms with van der Waals surface area (Å²) in [4.78, 5) is 14.6. The molecule has 0 unspecified atom stereocenters. The van der Waals surface area contributed by atoms with Gasteiger partial charge in [0.25, 0.3) is 5.91 Å². The number of ether oxygens (including phenoxy) is 2. The number of thiocarbonyl (C=S) groups is 1. The van der Waals surface area contributed by atoms with E-state index in [-0.39, 0.29) is 11.7 Å². The lowest BCUT2D eigenvalue weighted by molar-refractivity contribution is -0.113. The monoisotopic (exact) mass is 393 g/mol. The Kier molecular flexibility index (Phi) is 5.53. The van der Waals surface area contributed by atoms with Crippen LogP contribution in [-0.2, 0) is 4.79 Å². The molecule has 134 valence electrons. The molecule has 0 saturated carbocycles. The fourth-order valence-corrected chi connectivity index (χ4v) is 3.62. The molecule has 1 amide bonds. The fourth-order valence-electron chi connectivity index (χ4n) is 2.32. The molecule has 1 aliphatic rings. The standard InChI is InChI=1S/C18H13F2NO3S2/c1-23-13-8-4-12(5-9-13)21-16(22)15(26-18(21)25)10-11-2-6-14(7-3-11)24-17(19)20/h2-10,17H,1H3/b15-10-. The lowest BCUT2D eigenvalue weighted by atomic mass is 10.2. The molecule has 3 rings (SSSR count). The predicted molar refractivity (Wildman–Crippen MR) is 102 cm³/mol. The topological polar surface area (TPSA) is 38.8 Å². The molecule has 0 atom stereocenters. The van der Waals surface area contributed by atoms with E-state index >= 15 is 0 Å². The molecule has 0 N–H and O–H groups in total. The average Bonchev–Trinajstić information content (AvgIpc) is 2.90. The highest BCUT2D eigenvalue weighted by Crippen LogP contribution is 2.36. The summed E-state index contributed by atoms with van der Waals surface area (Å²) in [5.74, 6) is 0.502. The number of carbonyl (C=O) groups excluding carboxylic acids is 1. The van der Waals surface area contributed by atoms with Gasteiger partial charge < -0.3 is 9.47 Å². The number of hydrogen-bond acceptors (Lipinski definition) is 5. The molecular weight excluding hydrogens is 380 g/mol. The summed E-state index contributed by atoms with van der Waals surface area (Å²) in [5.41, 5.74) is 1.33. The first-order valence-electron chi connectivity index (χ1n) is 7.45. The molecule has 4 nitrogen and oxygen atoms in total. The quantitative estimate of drug-likeness (QED) is 0.544. The van der Waals surface area contributed by atoms with Crippen molar-refractivity contribution >= 4 is 46.0 Å². The van der Waals surface area contributed by atoms with Gasteiger partial charge in [-0.25, -0.2) is 0 Å². The highest BCUT2D eigenvalue weighted by atomic mass is 32.2. The molecule has 0 bridgehead atoms. The van der Waals surface area contributed by atoms with E-state index in [4.69, 9.17) is 17.0 Å². The Balaban J connectivity index is 1.80. The van der Waals surface area contributed by atoms with E-state index in [1.165, 1.54) is 28.8 Å². The van der Waals surface area contributed by atoms with Crippen LogP contribution in [0, 0.1) is 0 Å². The van der Waals surface area contributed by atoms with E-state index in [2.05, 4.69) is 4.74 Å². The van der Waals surface area contributed by atoms with Gasteiger partial charge in [-0.1, -0.05) is 36.1 Å². The zero-order chi connectivity index (χ0) is 18.7. The van der Waals surface area contributed by atoms with Crippen molar-refractivity contribution in [3.8, 4) is 11.5 Å². The molecule has 0 spiro atoms. The Morgan fingerprint density at radius 3 is 2.27 bits per heavy atom. The van der Waals surface area contributed by atoms with Gasteiger partial charge in [-0.05, 0) is 48.0 Å². The van der Waals surface area contributed by atoms with Crippen LogP contribution >= 0.6 is 24.0 Å². The first-order chi connectivity index (χ1) is 12.5. The minimum absolute atomic E-state index is 0.0583. The van der Waals surface area contributed by atoms with Gasteiger partial charge in [0, 0.05) is 0 Å². The number of rotatable bonds is 5. The molecule has 2 aromatic rings. The van der Waals surface area contributed by atoms with Gasteiger partial charge in [-0.3, -0.25) is 9.69 Å². The number of anilines is 1. The molecule has 8 heteroatoms. The summed E-state index contributed by atoms with van der Waals surface area (Å²) in [6.07, 6.45) is 1.66. The summed E-state index contributed by atoms with van der Waals surface area (Å²) in [6.45, 7) is -2.87. The molecule has 1 saturated heterocycles. The van der Waals surface area contributed by atoms with Gasteiger partial charge >= 0.3 is 6.61 Å². The summed E-state index contributed by atoms with van der Waals surface area (Å²) in [7, 11) is 1.56. The number of carbonyl (C=O) groups is 1. The highest BCUT2D eigenvalue weighted by molar-refractivity contribution is 8.27. The Bertz CT molecular complexity index is 852. The van der Waals surface area contributed by atoms with E-state index in [1.54, 1.807) is 49.6 Å². The first-order valence-corrected chi connectivity index (χ1v) is 8.67.